The number of aromatic nitrogens is 1. The predicted octanol–water partition coefficient (Wildman–Crippen LogP) is 1.22. The number of hydroxylamine groups is 1. The van der Waals surface area contributed by atoms with Gasteiger partial charge >= 0.3 is 6.09 Å². The Morgan fingerprint density at radius 2 is 1.82 bits per heavy atom. The van der Waals surface area contributed by atoms with Crippen molar-refractivity contribution >= 4 is 22.0 Å². The van der Waals surface area contributed by atoms with Crippen LogP contribution in [-0.4, -0.2) is 86.8 Å². The van der Waals surface area contributed by atoms with Crippen LogP contribution >= 0.6 is 0 Å². The van der Waals surface area contributed by atoms with E-state index in [2.05, 4.69) is 4.98 Å². The van der Waals surface area contributed by atoms with Crippen LogP contribution in [0.15, 0.2) is 47.5 Å². The number of carbonyl (C=O) groups excluding carboxylic acids is 2. The van der Waals surface area contributed by atoms with Crippen molar-refractivity contribution in [3.05, 3.63) is 48.4 Å². The summed E-state index contributed by atoms with van der Waals surface area (Å²) in [6.45, 7) is -0.876. The SMILES string of the molecule is COCCOC(=O)N(C)CCN(CC(=O)NO)S(=O)(=O)c1ccc(Oc2ccc(F)cc2)nc1. The highest BCUT2D eigenvalue weighted by Crippen LogP contribution is 2.22. The summed E-state index contributed by atoms with van der Waals surface area (Å²) in [5.41, 5.74) is 1.38. The summed E-state index contributed by atoms with van der Waals surface area (Å²) in [6, 6.07) is 7.67. The quantitative estimate of drug-likeness (QED) is 0.249. The van der Waals surface area contributed by atoms with Crippen molar-refractivity contribution in [2.24, 2.45) is 0 Å². The minimum absolute atomic E-state index is 0.0205. The Morgan fingerprint density at radius 3 is 2.41 bits per heavy atom. The number of ether oxygens (including phenoxy) is 3. The topological polar surface area (TPSA) is 148 Å². The second-order valence-electron chi connectivity index (χ2n) is 6.79. The number of amides is 2. The third-order valence-corrected chi connectivity index (χ3v) is 6.17. The highest BCUT2D eigenvalue weighted by molar-refractivity contribution is 7.89. The number of sulfonamides is 1. The molecule has 0 aliphatic carbocycles. The molecule has 0 fully saturated rings. The molecule has 1 aromatic heterocycles. The lowest BCUT2D eigenvalue weighted by Gasteiger charge is -2.24. The molecule has 1 heterocycles. The molecule has 0 spiro atoms. The van der Waals surface area contributed by atoms with Crippen LogP contribution in [0.25, 0.3) is 0 Å². The van der Waals surface area contributed by atoms with Gasteiger partial charge in [-0.3, -0.25) is 10.0 Å². The zero-order chi connectivity index (χ0) is 25.1. The van der Waals surface area contributed by atoms with E-state index in [1.54, 1.807) is 0 Å². The van der Waals surface area contributed by atoms with Gasteiger partial charge in [-0.2, -0.15) is 4.31 Å². The fourth-order valence-corrected chi connectivity index (χ4v) is 3.84. The lowest BCUT2D eigenvalue weighted by atomic mass is 10.3. The first-order valence-electron chi connectivity index (χ1n) is 9.86. The summed E-state index contributed by atoms with van der Waals surface area (Å²) in [5, 5.41) is 8.83. The van der Waals surface area contributed by atoms with E-state index < -0.39 is 34.4 Å². The van der Waals surface area contributed by atoms with E-state index in [9.17, 15) is 22.4 Å². The van der Waals surface area contributed by atoms with Gasteiger partial charge in [-0.25, -0.2) is 28.1 Å². The van der Waals surface area contributed by atoms with E-state index in [0.717, 1.165) is 15.4 Å². The lowest BCUT2D eigenvalue weighted by molar-refractivity contribution is -0.129. The standard InChI is InChI=1S/C20H25FN4O8S/c1-24(20(27)32-12-11-31-2)9-10-25(14-18(26)23-28)34(29,30)17-7-8-19(22-13-17)33-16-5-3-15(21)4-6-16/h3-8,13,28H,9-12,14H2,1-2H3,(H,23,26). The molecule has 12 nitrogen and oxygen atoms in total. The normalized spacial score (nSPS) is 11.2. The molecule has 14 heteroatoms. The van der Waals surface area contributed by atoms with Crippen molar-refractivity contribution in [1.82, 2.24) is 19.7 Å². The number of carbonyl (C=O) groups is 2. The molecule has 0 bridgehead atoms. The zero-order valence-electron chi connectivity index (χ0n) is 18.5. The Morgan fingerprint density at radius 1 is 1.12 bits per heavy atom. The Bertz CT molecular complexity index is 1050. The average molecular weight is 501 g/mol. The molecule has 2 N–H and O–H groups in total. The maximum absolute atomic E-state index is 13.1. The number of hydrogen-bond donors (Lipinski definition) is 2. The van der Waals surface area contributed by atoms with E-state index in [1.807, 2.05) is 0 Å². The summed E-state index contributed by atoms with van der Waals surface area (Å²) < 4.78 is 55.1. The van der Waals surface area contributed by atoms with Gasteiger partial charge in [-0.15, -0.1) is 0 Å². The van der Waals surface area contributed by atoms with Gasteiger partial charge in [0.2, 0.25) is 15.9 Å². The number of hydrogen-bond acceptors (Lipinski definition) is 9. The molecule has 0 atom stereocenters. The average Bonchev–Trinajstić information content (AvgIpc) is 2.83. The molecule has 1 aromatic carbocycles. The van der Waals surface area contributed by atoms with Gasteiger partial charge in [0.25, 0.3) is 5.91 Å². The number of likely N-dealkylation sites (N-methyl/N-ethyl adjacent to an activating group) is 1. The number of nitrogens with one attached hydrogen (secondary N) is 1. The molecule has 186 valence electrons. The van der Waals surface area contributed by atoms with Crippen LogP contribution in [0.2, 0.25) is 0 Å². The first-order valence-corrected chi connectivity index (χ1v) is 11.3. The van der Waals surface area contributed by atoms with Gasteiger partial charge in [0.1, 0.15) is 23.1 Å². The van der Waals surface area contributed by atoms with E-state index in [0.29, 0.717) is 5.75 Å². The van der Waals surface area contributed by atoms with Crippen LogP contribution in [-0.2, 0) is 24.3 Å². The molecule has 0 unspecified atom stereocenters. The van der Waals surface area contributed by atoms with Crippen LogP contribution in [0.5, 0.6) is 11.6 Å². The zero-order valence-corrected chi connectivity index (χ0v) is 19.3. The lowest BCUT2D eigenvalue weighted by Crippen LogP contribution is -2.44. The second-order valence-corrected chi connectivity index (χ2v) is 8.73. The van der Waals surface area contributed by atoms with Crippen molar-refractivity contribution in [1.29, 1.82) is 0 Å². The Kier molecular flexibility index (Phi) is 10.1. The van der Waals surface area contributed by atoms with Crippen LogP contribution in [0.1, 0.15) is 0 Å². The van der Waals surface area contributed by atoms with Crippen molar-refractivity contribution in [2.75, 3.05) is 47.0 Å². The molecule has 0 radical (unpaired) electrons. The molecule has 2 rings (SSSR count). The highest BCUT2D eigenvalue weighted by atomic mass is 32.2. The number of halogens is 1. The number of rotatable bonds is 12. The Labute approximate surface area is 195 Å². The Balaban J connectivity index is 2.11. The van der Waals surface area contributed by atoms with E-state index >= 15 is 0 Å². The minimum Gasteiger partial charge on any atom is -0.447 e. The minimum atomic E-state index is -4.25. The highest BCUT2D eigenvalue weighted by Gasteiger charge is 2.28. The summed E-state index contributed by atoms with van der Waals surface area (Å²) >= 11 is 0. The van der Waals surface area contributed by atoms with Gasteiger partial charge < -0.3 is 19.1 Å². The molecular weight excluding hydrogens is 475 g/mol. The van der Waals surface area contributed by atoms with E-state index in [4.69, 9.17) is 19.4 Å². The van der Waals surface area contributed by atoms with Gasteiger partial charge in [-0.1, -0.05) is 0 Å². The fraction of sp³-hybridized carbons (Fsp3) is 0.350. The van der Waals surface area contributed by atoms with E-state index in [-0.39, 0.29) is 37.1 Å². The third-order valence-electron chi connectivity index (χ3n) is 4.34. The van der Waals surface area contributed by atoms with Crippen molar-refractivity contribution in [3.63, 3.8) is 0 Å². The number of benzene rings is 1. The second kappa shape index (κ2) is 12.8. The largest absolute Gasteiger partial charge is 0.447 e. The molecule has 0 saturated heterocycles. The monoisotopic (exact) mass is 500 g/mol. The first-order chi connectivity index (χ1) is 16.2. The maximum Gasteiger partial charge on any atom is 0.409 e. The summed E-state index contributed by atoms with van der Waals surface area (Å²) in [7, 11) is -1.40. The molecule has 34 heavy (non-hydrogen) atoms. The van der Waals surface area contributed by atoms with Gasteiger partial charge in [0.05, 0.1) is 19.3 Å². The van der Waals surface area contributed by atoms with Crippen molar-refractivity contribution in [3.8, 4) is 11.6 Å². The van der Waals surface area contributed by atoms with Crippen LogP contribution < -0.4 is 10.2 Å². The van der Waals surface area contributed by atoms with Gasteiger partial charge in [0.15, 0.2) is 0 Å². The third kappa shape index (κ3) is 7.91. The maximum atomic E-state index is 13.1. The number of methoxy groups -OCH3 is 1. The summed E-state index contributed by atoms with van der Waals surface area (Å²) in [6.07, 6.45) is 0.325. The molecule has 0 saturated carbocycles. The van der Waals surface area contributed by atoms with Crippen molar-refractivity contribution in [2.45, 2.75) is 4.90 Å². The van der Waals surface area contributed by atoms with E-state index in [1.165, 1.54) is 56.0 Å². The molecule has 0 aliphatic rings. The predicted molar refractivity (Wildman–Crippen MR) is 115 cm³/mol. The first kappa shape index (κ1) is 26.9. The summed E-state index contributed by atoms with van der Waals surface area (Å²) in [4.78, 5) is 28.5. The number of pyridine rings is 1. The van der Waals surface area contributed by atoms with Gasteiger partial charge in [-0.05, 0) is 30.3 Å². The molecule has 0 aliphatic heterocycles. The Hall–Kier alpha value is -3.33. The smallest absolute Gasteiger partial charge is 0.409 e. The fourth-order valence-electron chi connectivity index (χ4n) is 2.51. The number of nitrogens with zero attached hydrogens (tertiary/aromatic N) is 3. The van der Waals surface area contributed by atoms with Crippen molar-refractivity contribution < 1.29 is 41.8 Å². The molecule has 2 aromatic rings. The molecule has 2 amide bonds. The summed E-state index contributed by atoms with van der Waals surface area (Å²) in [5.74, 6) is -1.06. The molecular formula is C20H25FN4O8S. The van der Waals surface area contributed by atoms with Gasteiger partial charge in [0, 0.05) is 33.3 Å². The van der Waals surface area contributed by atoms with Crippen LogP contribution in [0, 0.1) is 5.82 Å². The van der Waals surface area contributed by atoms with Crippen LogP contribution in [0.4, 0.5) is 9.18 Å². The van der Waals surface area contributed by atoms with Crippen LogP contribution in [0.3, 0.4) is 0 Å².